The minimum atomic E-state index is -0.768. The van der Waals surface area contributed by atoms with Crippen molar-refractivity contribution in [1.29, 1.82) is 5.26 Å². The second-order valence-electron chi connectivity index (χ2n) is 7.63. The van der Waals surface area contributed by atoms with Gasteiger partial charge in [0.15, 0.2) is 0 Å². The number of rotatable bonds is 5. The lowest BCUT2D eigenvalue weighted by atomic mass is 9.99. The van der Waals surface area contributed by atoms with Gasteiger partial charge in [-0.25, -0.2) is 9.97 Å². The van der Waals surface area contributed by atoms with Gasteiger partial charge in [0.2, 0.25) is 5.88 Å². The molecule has 0 aliphatic rings. The first-order valence-electron chi connectivity index (χ1n) is 8.75. The minimum Gasteiger partial charge on any atom is -0.477 e. The van der Waals surface area contributed by atoms with E-state index in [1.165, 1.54) is 6.08 Å². The molecule has 0 radical (unpaired) electrons. The second-order valence-corrected chi connectivity index (χ2v) is 7.63. The Morgan fingerprint density at radius 2 is 2.04 bits per heavy atom. The number of amides is 1. The number of aromatic nitrogens is 3. The molecule has 3 aromatic rings. The SMILES string of the molecule is CC(C)(C)COc1ccc(-c2cnc3[nH]cc(/C=C(\C#N)C(N)=O)c3c2)cn1. The number of ether oxygens (including phenoxy) is 1. The van der Waals surface area contributed by atoms with Crippen molar-refractivity contribution in [2.45, 2.75) is 20.8 Å². The van der Waals surface area contributed by atoms with Crippen molar-refractivity contribution in [3.05, 3.63) is 47.9 Å². The Labute approximate surface area is 162 Å². The van der Waals surface area contributed by atoms with Crippen LogP contribution in [0.2, 0.25) is 0 Å². The molecule has 0 saturated heterocycles. The van der Waals surface area contributed by atoms with E-state index in [2.05, 4.69) is 35.7 Å². The quantitative estimate of drug-likeness (QED) is 0.523. The van der Waals surface area contributed by atoms with E-state index in [1.807, 2.05) is 24.3 Å². The van der Waals surface area contributed by atoms with Crippen LogP contribution in [0.15, 0.2) is 42.4 Å². The molecule has 3 heterocycles. The smallest absolute Gasteiger partial charge is 0.259 e. The number of pyridine rings is 2. The molecule has 0 unspecified atom stereocenters. The van der Waals surface area contributed by atoms with Gasteiger partial charge in [0.1, 0.15) is 17.3 Å². The molecule has 0 fully saturated rings. The van der Waals surface area contributed by atoms with E-state index in [9.17, 15) is 4.79 Å². The molecule has 0 aromatic carbocycles. The Kier molecular flexibility index (Phi) is 5.14. The van der Waals surface area contributed by atoms with Crippen molar-refractivity contribution in [2.75, 3.05) is 6.61 Å². The number of fused-ring (bicyclic) bond motifs is 1. The van der Waals surface area contributed by atoms with Crippen molar-refractivity contribution >= 4 is 23.0 Å². The maximum Gasteiger partial charge on any atom is 0.259 e. The molecule has 1 amide bonds. The number of hydrogen-bond acceptors (Lipinski definition) is 5. The first kappa shape index (κ1) is 19.1. The van der Waals surface area contributed by atoms with Gasteiger partial charge in [0, 0.05) is 46.7 Å². The van der Waals surface area contributed by atoms with Crippen LogP contribution in [0.4, 0.5) is 0 Å². The van der Waals surface area contributed by atoms with Crippen LogP contribution < -0.4 is 10.5 Å². The van der Waals surface area contributed by atoms with E-state index < -0.39 is 5.91 Å². The summed E-state index contributed by atoms with van der Waals surface area (Å²) in [4.78, 5) is 23.1. The zero-order chi connectivity index (χ0) is 20.3. The van der Waals surface area contributed by atoms with Gasteiger partial charge in [0.25, 0.3) is 5.91 Å². The van der Waals surface area contributed by atoms with E-state index in [1.54, 1.807) is 18.6 Å². The number of primary amides is 1. The molecule has 0 atom stereocenters. The Morgan fingerprint density at radius 3 is 2.64 bits per heavy atom. The Hall–Kier alpha value is -3.66. The third-order valence-electron chi connectivity index (χ3n) is 3.97. The number of carbonyl (C=O) groups excluding carboxylic acids is 1. The number of nitrogens with zero attached hydrogens (tertiary/aromatic N) is 3. The van der Waals surface area contributed by atoms with Crippen molar-refractivity contribution in [2.24, 2.45) is 11.1 Å². The highest BCUT2D eigenvalue weighted by atomic mass is 16.5. The maximum atomic E-state index is 11.3. The monoisotopic (exact) mass is 375 g/mol. The predicted molar refractivity (Wildman–Crippen MR) is 107 cm³/mol. The average Bonchev–Trinajstić information content (AvgIpc) is 3.06. The van der Waals surface area contributed by atoms with Gasteiger partial charge in [0.05, 0.1) is 6.61 Å². The van der Waals surface area contributed by atoms with E-state index in [4.69, 9.17) is 15.7 Å². The number of nitrogens with one attached hydrogen (secondary N) is 1. The number of nitrogens with two attached hydrogens (primary N) is 1. The molecule has 0 spiro atoms. The first-order chi connectivity index (χ1) is 13.3. The van der Waals surface area contributed by atoms with Crippen LogP contribution >= 0.6 is 0 Å². The van der Waals surface area contributed by atoms with Crippen LogP contribution in [-0.4, -0.2) is 27.5 Å². The normalized spacial score (nSPS) is 12.0. The summed E-state index contributed by atoms with van der Waals surface area (Å²) in [5, 5.41) is 9.83. The largest absolute Gasteiger partial charge is 0.477 e. The molecule has 3 rings (SSSR count). The van der Waals surface area contributed by atoms with Crippen molar-refractivity contribution in [1.82, 2.24) is 15.0 Å². The summed E-state index contributed by atoms with van der Waals surface area (Å²) in [5.74, 6) is -0.200. The van der Waals surface area contributed by atoms with Gasteiger partial charge in [-0.3, -0.25) is 4.79 Å². The highest BCUT2D eigenvalue weighted by molar-refractivity contribution is 6.03. The lowest BCUT2D eigenvalue weighted by Crippen LogP contribution is -2.17. The molecular formula is C21H21N5O2. The fourth-order valence-corrected chi connectivity index (χ4v) is 2.54. The van der Waals surface area contributed by atoms with Gasteiger partial charge in [-0.2, -0.15) is 5.26 Å². The van der Waals surface area contributed by atoms with Gasteiger partial charge < -0.3 is 15.5 Å². The van der Waals surface area contributed by atoms with Crippen LogP contribution in [0.5, 0.6) is 5.88 Å². The van der Waals surface area contributed by atoms with Crippen molar-refractivity contribution in [3.63, 3.8) is 0 Å². The minimum absolute atomic E-state index is 0.0563. The third kappa shape index (κ3) is 4.35. The number of hydrogen-bond donors (Lipinski definition) is 2. The summed E-state index contributed by atoms with van der Waals surface area (Å²) in [5.41, 5.74) is 8.20. The van der Waals surface area contributed by atoms with Crippen LogP contribution in [0.1, 0.15) is 26.3 Å². The van der Waals surface area contributed by atoms with Crippen LogP contribution in [0, 0.1) is 16.7 Å². The molecule has 0 aliphatic heterocycles. The highest BCUT2D eigenvalue weighted by Gasteiger charge is 2.12. The number of carbonyl (C=O) groups is 1. The summed E-state index contributed by atoms with van der Waals surface area (Å²) in [6, 6.07) is 7.47. The molecule has 0 aliphatic carbocycles. The lowest BCUT2D eigenvalue weighted by molar-refractivity contribution is -0.114. The topological polar surface area (TPSA) is 118 Å². The molecular weight excluding hydrogens is 354 g/mol. The Balaban J connectivity index is 1.91. The van der Waals surface area contributed by atoms with Crippen molar-refractivity contribution < 1.29 is 9.53 Å². The van der Waals surface area contributed by atoms with Gasteiger partial charge in [-0.15, -0.1) is 0 Å². The molecule has 3 N–H and O–H groups in total. The summed E-state index contributed by atoms with van der Waals surface area (Å²) < 4.78 is 5.70. The van der Waals surface area contributed by atoms with E-state index >= 15 is 0 Å². The lowest BCUT2D eigenvalue weighted by Gasteiger charge is -2.18. The Bertz CT molecular complexity index is 1080. The van der Waals surface area contributed by atoms with Gasteiger partial charge in [-0.1, -0.05) is 20.8 Å². The zero-order valence-corrected chi connectivity index (χ0v) is 16.0. The van der Waals surface area contributed by atoms with E-state index in [-0.39, 0.29) is 11.0 Å². The summed E-state index contributed by atoms with van der Waals surface area (Å²) >= 11 is 0. The molecule has 0 bridgehead atoms. The van der Waals surface area contributed by atoms with Gasteiger partial charge >= 0.3 is 0 Å². The fraction of sp³-hybridized carbons (Fsp3) is 0.238. The second kappa shape index (κ2) is 7.53. The summed E-state index contributed by atoms with van der Waals surface area (Å²) in [6.07, 6.45) is 6.60. The van der Waals surface area contributed by atoms with Crippen molar-refractivity contribution in [3.8, 4) is 23.1 Å². The molecule has 3 aromatic heterocycles. The van der Waals surface area contributed by atoms with Crippen LogP contribution in [0.3, 0.4) is 0 Å². The molecule has 142 valence electrons. The fourth-order valence-electron chi connectivity index (χ4n) is 2.54. The van der Waals surface area contributed by atoms with Crippen LogP contribution in [-0.2, 0) is 4.79 Å². The highest BCUT2D eigenvalue weighted by Crippen LogP contribution is 2.26. The molecule has 7 nitrogen and oxygen atoms in total. The van der Waals surface area contributed by atoms with E-state index in [0.717, 1.165) is 16.5 Å². The number of nitriles is 1. The van der Waals surface area contributed by atoms with Gasteiger partial charge in [-0.05, 0) is 23.6 Å². The standard InChI is InChI=1S/C21H21N5O2/c1-21(2,3)12-28-18-5-4-13(9-24-18)15-7-17-16(6-14(8-22)19(23)27)11-26-20(17)25-10-15/h4-7,9-11H,12H2,1-3H3,(H2,23,27)(H,25,26)/b14-6+. The molecule has 0 saturated carbocycles. The number of aromatic amines is 1. The first-order valence-corrected chi connectivity index (χ1v) is 8.75. The Morgan fingerprint density at radius 1 is 1.29 bits per heavy atom. The number of H-pyrrole nitrogens is 1. The zero-order valence-electron chi connectivity index (χ0n) is 16.0. The maximum absolute atomic E-state index is 11.3. The third-order valence-corrected chi connectivity index (χ3v) is 3.97. The predicted octanol–water partition coefficient (Wildman–Crippen LogP) is 3.44. The summed E-state index contributed by atoms with van der Waals surface area (Å²) in [6.45, 7) is 6.87. The van der Waals surface area contributed by atoms with Crippen LogP contribution in [0.25, 0.3) is 28.2 Å². The average molecular weight is 375 g/mol. The summed E-state index contributed by atoms with van der Waals surface area (Å²) in [7, 11) is 0. The molecule has 28 heavy (non-hydrogen) atoms. The van der Waals surface area contributed by atoms with E-state index in [0.29, 0.717) is 23.7 Å². The molecule has 7 heteroatoms.